The Morgan fingerprint density at radius 2 is 1.78 bits per heavy atom. The number of benzene rings is 2. The highest BCUT2D eigenvalue weighted by molar-refractivity contribution is 5.73. The molecule has 0 bridgehead atoms. The number of methoxy groups -OCH3 is 2. The molecule has 1 aliphatic heterocycles. The van der Waals surface area contributed by atoms with Gasteiger partial charge in [-0.15, -0.1) is 0 Å². The van der Waals surface area contributed by atoms with Crippen molar-refractivity contribution in [2.75, 3.05) is 19.5 Å². The summed E-state index contributed by atoms with van der Waals surface area (Å²) in [6.45, 7) is 2.67. The van der Waals surface area contributed by atoms with Crippen molar-refractivity contribution in [2.24, 2.45) is 0 Å². The van der Waals surface area contributed by atoms with Gasteiger partial charge in [-0.1, -0.05) is 25.1 Å². The Hall–Kier alpha value is -3.28. The summed E-state index contributed by atoms with van der Waals surface area (Å²) in [6.07, 6.45) is 0. The zero-order valence-electron chi connectivity index (χ0n) is 15.5. The van der Waals surface area contributed by atoms with E-state index in [1.807, 2.05) is 48.5 Å². The monoisotopic (exact) mass is 363 g/mol. The van der Waals surface area contributed by atoms with E-state index in [4.69, 9.17) is 9.47 Å². The van der Waals surface area contributed by atoms with E-state index in [1.54, 1.807) is 18.8 Å². The number of nitrogens with one attached hydrogen (secondary N) is 1. The maximum atomic E-state index is 12.7. The van der Waals surface area contributed by atoms with E-state index >= 15 is 0 Å². The van der Waals surface area contributed by atoms with Gasteiger partial charge in [0.05, 0.1) is 19.9 Å². The molecule has 1 N–H and O–H groups in total. The highest BCUT2D eigenvalue weighted by Crippen LogP contribution is 2.42. The number of fused-ring (bicyclic) bond motifs is 3. The van der Waals surface area contributed by atoms with Gasteiger partial charge in [0.2, 0.25) is 0 Å². The van der Waals surface area contributed by atoms with Crippen LogP contribution in [-0.2, 0) is 6.54 Å². The molecule has 2 aromatic carbocycles. The van der Waals surface area contributed by atoms with Crippen molar-refractivity contribution in [3.05, 3.63) is 64.6 Å². The first-order valence-corrected chi connectivity index (χ1v) is 8.81. The third-order valence-corrected chi connectivity index (χ3v) is 4.88. The van der Waals surface area contributed by atoms with Crippen molar-refractivity contribution in [3.8, 4) is 22.8 Å². The van der Waals surface area contributed by atoms with Crippen molar-refractivity contribution in [1.82, 2.24) is 9.55 Å². The molecule has 0 saturated heterocycles. The maximum Gasteiger partial charge on any atom is 0.350 e. The molecule has 0 fully saturated rings. The second kappa shape index (κ2) is 6.79. The summed E-state index contributed by atoms with van der Waals surface area (Å²) in [5, 5.41) is 3.21. The number of nitrogens with zero attached hydrogens (tertiary/aromatic N) is 2. The third kappa shape index (κ3) is 3.03. The Bertz CT molecular complexity index is 1040. The normalized spacial score (nSPS) is 14.9. The van der Waals surface area contributed by atoms with Gasteiger partial charge in [0, 0.05) is 29.8 Å². The Balaban J connectivity index is 1.86. The van der Waals surface area contributed by atoms with Crippen LogP contribution in [0.5, 0.6) is 11.5 Å². The van der Waals surface area contributed by atoms with E-state index in [9.17, 15) is 4.79 Å². The number of hydrogen-bond donors (Lipinski definition) is 1. The molecule has 1 unspecified atom stereocenters. The quantitative estimate of drug-likeness (QED) is 0.764. The largest absolute Gasteiger partial charge is 0.493 e. The lowest BCUT2D eigenvalue weighted by atomic mass is 9.89. The van der Waals surface area contributed by atoms with Crippen molar-refractivity contribution < 1.29 is 9.47 Å². The summed E-state index contributed by atoms with van der Waals surface area (Å²) >= 11 is 0. The van der Waals surface area contributed by atoms with Gasteiger partial charge in [-0.2, -0.15) is 4.98 Å². The van der Waals surface area contributed by atoms with E-state index in [2.05, 4.69) is 17.2 Å². The van der Waals surface area contributed by atoms with Gasteiger partial charge >= 0.3 is 5.69 Å². The van der Waals surface area contributed by atoms with Gasteiger partial charge in [0.1, 0.15) is 5.82 Å². The molecular formula is C21H21N3O3. The maximum absolute atomic E-state index is 12.7. The molecule has 4 rings (SSSR count). The molecule has 6 heteroatoms. The molecule has 3 aromatic rings. The van der Waals surface area contributed by atoms with Crippen molar-refractivity contribution in [3.63, 3.8) is 0 Å². The average Bonchev–Trinajstić information content (AvgIpc) is 2.69. The average molecular weight is 363 g/mol. The van der Waals surface area contributed by atoms with Crippen molar-refractivity contribution in [1.29, 1.82) is 0 Å². The molecular weight excluding hydrogens is 342 g/mol. The molecule has 0 radical (unpaired) electrons. The molecule has 0 spiro atoms. The first-order valence-electron chi connectivity index (χ1n) is 8.81. The smallest absolute Gasteiger partial charge is 0.350 e. The SMILES string of the molecule is COc1cc2c(cc1OC)C(C)Cn1c-2cc(Nc2ccccc2)nc1=O. The highest BCUT2D eigenvalue weighted by Gasteiger charge is 2.26. The van der Waals surface area contributed by atoms with Crippen LogP contribution in [0.3, 0.4) is 0 Å². The molecule has 1 aromatic heterocycles. The first kappa shape index (κ1) is 17.1. The van der Waals surface area contributed by atoms with Gasteiger partial charge in [0.15, 0.2) is 11.5 Å². The number of anilines is 2. The van der Waals surface area contributed by atoms with Crippen LogP contribution >= 0.6 is 0 Å². The minimum atomic E-state index is -0.266. The van der Waals surface area contributed by atoms with Crippen molar-refractivity contribution >= 4 is 11.5 Å². The van der Waals surface area contributed by atoms with Crippen LogP contribution in [0.15, 0.2) is 53.3 Å². The van der Waals surface area contributed by atoms with Gasteiger partial charge in [0.25, 0.3) is 0 Å². The van der Waals surface area contributed by atoms with Crippen LogP contribution in [0, 0.1) is 0 Å². The van der Waals surface area contributed by atoms with E-state index in [1.165, 1.54) is 0 Å². The summed E-state index contributed by atoms with van der Waals surface area (Å²) < 4.78 is 12.6. The summed E-state index contributed by atoms with van der Waals surface area (Å²) in [7, 11) is 3.24. The number of para-hydroxylation sites is 1. The predicted molar refractivity (Wildman–Crippen MR) is 105 cm³/mol. The minimum absolute atomic E-state index is 0.166. The number of hydrogen-bond acceptors (Lipinski definition) is 5. The Morgan fingerprint density at radius 1 is 1.07 bits per heavy atom. The standard InChI is InChI=1S/C21H21N3O3/c1-13-12-24-17(16-10-19(27-3)18(26-2)9-15(13)16)11-20(23-21(24)25)22-14-7-5-4-6-8-14/h4-11,13H,12H2,1-3H3,(H,22,23,25). The van der Waals surface area contributed by atoms with Crippen LogP contribution in [0.2, 0.25) is 0 Å². The lowest BCUT2D eigenvalue weighted by Gasteiger charge is -2.28. The summed E-state index contributed by atoms with van der Waals surface area (Å²) in [6, 6.07) is 15.5. The molecule has 2 heterocycles. The Morgan fingerprint density at radius 3 is 2.48 bits per heavy atom. The number of ether oxygens (including phenoxy) is 2. The summed E-state index contributed by atoms with van der Waals surface area (Å²) in [5.41, 5.74) is 3.53. The van der Waals surface area contributed by atoms with Crippen LogP contribution < -0.4 is 20.5 Å². The van der Waals surface area contributed by atoms with E-state index in [-0.39, 0.29) is 11.6 Å². The zero-order chi connectivity index (χ0) is 19.0. The second-order valence-electron chi connectivity index (χ2n) is 6.61. The molecule has 0 saturated carbocycles. The van der Waals surface area contributed by atoms with Crippen LogP contribution in [0.1, 0.15) is 18.4 Å². The molecule has 27 heavy (non-hydrogen) atoms. The highest BCUT2D eigenvalue weighted by atomic mass is 16.5. The summed E-state index contributed by atoms with van der Waals surface area (Å²) in [4.78, 5) is 16.9. The van der Waals surface area contributed by atoms with Gasteiger partial charge in [-0.3, -0.25) is 4.57 Å². The number of rotatable bonds is 4. The van der Waals surface area contributed by atoms with E-state index < -0.39 is 0 Å². The lowest BCUT2D eigenvalue weighted by Crippen LogP contribution is -2.30. The fourth-order valence-electron chi connectivity index (χ4n) is 3.54. The van der Waals surface area contributed by atoms with Gasteiger partial charge in [-0.05, 0) is 29.8 Å². The third-order valence-electron chi connectivity index (χ3n) is 4.88. The van der Waals surface area contributed by atoms with Crippen LogP contribution in [0.4, 0.5) is 11.5 Å². The fourth-order valence-corrected chi connectivity index (χ4v) is 3.54. The Kier molecular flexibility index (Phi) is 4.32. The molecule has 0 aliphatic carbocycles. The lowest BCUT2D eigenvalue weighted by molar-refractivity contribution is 0.354. The second-order valence-corrected chi connectivity index (χ2v) is 6.61. The predicted octanol–water partition coefficient (Wildman–Crippen LogP) is 3.79. The number of aromatic nitrogens is 2. The summed E-state index contributed by atoms with van der Waals surface area (Å²) in [5.74, 6) is 2.02. The Labute approximate surface area is 157 Å². The topological polar surface area (TPSA) is 65.4 Å². The van der Waals surface area contributed by atoms with Crippen molar-refractivity contribution in [2.45, 2.75) is 19.4 Å². The molecule has 1 atom stereocenters. The van der Waals surface area contributed by atoms with E-state index in [0.717, 1.165) is 22.5 Å². The van der Waals surface area contributed by atoms with E-state index in [0.29, 0.717) is 23.9 Å². The minimum Gasteiger partial charge on any atom is -0.493 e. The molecule has 0 amide bonds. The van der Waals surface area contributed by atoms with Crippen LogP contribution in [0.25, 0.3) is 11.3 Å². The molecule has 6 nitrogen and oxygen atoms in total. The van der Waals surface area contributed by atoms with Gasteiger partial charge in [-0.25, -0.2) is 4.79 Å². The molecule has 1 aliphatic rings. The molecule has 138 valence electrons. The fraction of sp³-hybridized carbons (Fsp3) is 0.238. The van der Waals surface area contributed by atoms with Crippen LogP contribution in [-0.4, -0.2) is 23.8 Å². The first-order chi connectivity index (χ1) is 13.1. The zero-order valence-corrected chi connectivity index (χ0v) is 15.5. The van der Waals surface area contributed by atoms with Gasteiger partial charge < -0.3 is 14.8 Å².